The lowest BCUT2D eigenvalue weighted by molar-refractivity contribution is -0.140. The first-order valence-corrected chi connectivity index (χ1v) is 7.11. The van der Waals surface area contributed by atoms with Crippen LogP contribution in [0.3, 0.4) is 0 Å². The second-order valence-electron chi connectivity index (χ2n) is 4.29. The van der Waals surface area contributed by atoms with E-state index in [0.29, 0.717) is 0 Å². The lowest BCUT2D eigenvalue weighted by Crippen LogP contribution is -2.33. The van der Waals surface area contributed by atoms with E-state index in [1.54, 1.807) is 24.3 Å². The van der Waals surface area contributed by atoms with Gasteiger partial charge in [-0.15, -0.1) is 0 Å². The zero-order valence-corrected chi connectivity index (χ0v) is 11.2. The van der Waals surface area contributed by atoms with Crippen molar-refractivity contribution >= 4 is 16.0 Å². The minimum atomic E-state index is -3.51. The summed E-state index contributed by atoms with van der Waals surface area (Å²) >= 11 is 0. The third-order valence-corrected chi connectivity index (χ3v) is 4.58. The van der Waals surface area contributed by atoms with Gasteiger partial charge in [0, 0.05) is 14.1 Å². The molecule has 0 spiro atoms. The summed E-state index contributed by atoms with van der Waals surface area (Å²) in [4.78, 5) is 11.1. The Labute approximate surface area is 107 Å². The molecule has 1 aromatic rings. The van der Waals surface area contributed by atoms with Gasteiger partial charge in [0.2, 0.25) is 10.0 Å². The van der Waals surface area contributed by atoms with E-state index in [1.165, 1.54) is 14.1 Å². The fraction of sp³-hybridized carbons (Fsp3) is 0.417. The van der Waals surface area contributed by atoms with E-state index in [9.17, 15) is 13.2 Å². The average Bonchev–Trinajstić information content (AvgIpc) is 2.29. The third-order valence-electron chi connectivity index (χ3n) is 2.64. The average molecular weight is 271 g/mol. The topological polar surface area (TPSA) is 74.7 Å². The smallest absolute Gasteiger partial charge is 0.307 e. The monoisotopic (exact) mass is 271 g/mol. The molecule has 0 heterocycles. The zero-order valence-electron chi connectivity index (χ0n) is 10.4. The molecule has 0 aliphatic heterocycles. The summed E-state index contributed by atoms with van der Waals surface area (Å²) in [5, 5.41) is 9.10. The highest BCUT2D eigenvalue weighted by Crippen LogP contribution is 2.13. The maximum absolute atomic E-state index is 11.7. The van der Waals surface area contributed by atoms with Crippen molar-refractivity contribution in [1.29, 1.82) is 0 Å². The van der Waals surface area contributed by atoms with Crippen LogP contribution in [0.1, 0.15) is 5.56 Å². The number of aliphatic carboxylic acids is 1. The van der Waals surface area contributed by atoms with Gasteiger partial charge in [0.15, 0.2) is 0 Å². The molecule has 1 rings (SSSR count). The molecule has 0 fully saturated rings. The van der Waals surface area contributed by atoms with Crippen LogP contribution in [0.25, 0.3) is 0 Å². The molecule has 0 radical (unpaired) electrons. The third kappa shape index (κ3) is 4.12. The number of hydrogen-bond donors (Lipinski definition) is 1. The number of carbonyl (C=O) groups is 1. The van der Waals surface area contributed by atoms with E-state index >= 15 is 0 Å². The van der Waals surface area contributed by atoms with Crippen LogP contribution in [-0.4, -0.2) is 43.6 Å². The minimum absolute atomic E-state index is 0.212. The van der Waals surface area contributed by atoms with Crippen LogP contribution in [0.15, 0.2) is 30.3 Å². The summed E-state index contributed by atoms with van der Waals surface area (Å²) in [6, 6.07) is 9.01. The van der Waals surface area contributed by atoms with Crippen molar-refractivity contribution in [2.75, 3.05) is 19.8 Å². The number of nitrogens with zero attached hydrogens (tertiary/aromatic N) is 1. The van der Waals surface area contributed by atoms with Gasteiger partial charge in [-0.1, -0.05) is 30.3 Å². The first-order chi connectivity index (χ1) is 8.33. The van der Waals surface area contributed by atoms with Crippen LogP contribution >= 0.6 is 0 Å². The summed E-state index contributed by atoms with van der Waals surface area (Å²) in [7, 11) is -0.711. The minimum Gasteiger partial charge on any atom is -0.481 e. The highest BCUT2D eigenvalue weighted by Gasteiger charge is 2.26. The Morgan fingerprint density at radius 2 is 1.83 bits per heavy atom. The molecule has 0 saturated heterocycles. The summed E-state index contributed by atoms with van der Waals surface area (Å²) in [5.74, 6) is -2.41. The predicted molar refractivity (Wildman–Crippen MR) is 68.7 cm³/mol. The number of hydrogen-bond acceptors (Lipinski definition) is 3. The standard InChI is InChI=1S/C12H17NO4S/c1-13(2)18(16,17)9-11(12(14)15)8-10-6-4-3-5-7-10/h3-7,11H,8-9H2,1-2H3,(H,14,15)/t11-/m0/s1. The van der Waals surface area contributed by atoms with Gasteiger partial charge in [0.25, 0.3) is 0 Å². The number of rotatable bonds is 6. The normalized spacial score (nSPS) is 13.5. The van der Waals surface area contributed by atoms with E-state index in [1.807, 2.05) is 6.07 Å². The number of carboxylic acid groups (broad SMARTS) is 1. The quantitative estimate of drug-likeness (QED) is 0.831. The SMILES string of the molecule is CN(C)S(=O)(=O)C[C@H](Cc1ccccc1)C(=O)O. The second kappa shape index (κ2) is 5.97. The van der Waals surface area contributed by atoms with Crippen molar-refractivity contribution in [3.05, 3.63) is 35.9 Å². The first kappa shape index (κ1) is 14.7. The van der Waals surface area contributed by atoms with Crippen LogP contribution < -0.4 is 0 Å². The summed E-state index contributed by atoms with van der Waals surface area (Å²) in [5.41, 5.74) is 0.818. The Bertz CT molecular complexity index is 496. The number of sulfonamides is 1. The van der Waals surface area contributed by atoms with Crippen LogP contribution in [0.5, 0.6) is 0 Å². The van der Waals surface area contributed by atoms with E-state index in [4.69, 9.17) is 5.11 Å². The van der Waals surface area contributed by atoms with Gasteiger partial charge in [-0.25, -0.2) is 12.7 Å². The van der Waals surface area contributed by atoms with Gasteiger partial charge in [-0.2, -0.15) is 0 Å². The van der Waals surface area contributed by atoms with Crippen LogP contribution in [-0.2, 0) is 21.2 Å². The molecular weight excluding hydrogens is 254 g/mol. The summed E-state index contributed by atoms with van der Waals surface area (Å²) < 4.78 is 24.4. The highest BCUT2D eigenvalue weighted by atomic mass is 32.2. The Morgan fingerprint density at radius 1 is 1.28 bits per heavy atom. The first-order valence-electron chi connectivity index (χ1n) is 5.50. The van der Waals surface area contributed by atoms with Crippen molar-refractivity contribution in [2.24, 2.45) is 5.92 Å². The number of benzene rings is 1. The molecule has 100 valence electrons. The molecule has 6 heteroatoms. The Balaban J connectivity index is 2.83. The van der Waals surface area contributed by atoms with Crippen molar-refractivity contribution in [1.82, 2.24) is 4.31 Å². The van der Waals surface area contributed by atoms with E-state index in [-0.39, 0.29) is 12.2 Å². The zero-order chi connectivity index (χ0) is 13.8. The molecule has 0 aromatic heterocycles. The van der Waals surface area contributed by atoms with E-state index in [2.05, 4.69) is 0 Å². The molecule has 0 saturated carbocycles. The molecular formula is C12H17NO4S. The lowest BCUT2D eigenvalue weighted by Gasteiger charge is -2.16. The Hall–Kier alpha value is -1.40. The summed E-state index contributed by atoms with van der Waals surface area (Å²) in [6.07, 6.45) is 0.212. The van der Waals surface area contributed by atoms with Gasteiger partial charge >= 0.3 is 5.97 Å². The molecule has 0 aliphatic carbocycles. The van der Waals surface area contributed by atoms with Crippen LogP contribution in [0, 0.1) is 5.92 Å². The van der Waals surface area contributed by atoms with Gasteiger partial charge < -0.3 is 5.11 Å². The fourth-order valence-electron chi connectivity index (χ4n) is 1.52. The molecule has 1 atom stereocenters. The predicted octanol–water partition coefficient (Wildman–Crippen LogP) is 0.821. The second-order valence-corrected chi connectivity index (χ2v) is 6.51. The summed E-state index contributed by atoms with van der Waals surface area (Å²) in [6.45, 7) is 0. The maximum Gasteiger partial charge on any atom is 0.307 e. The Kier molecular flexibility index (Phi) is 4.86. The molecule has 5 nitrogen and oxygen atoms in total. The molecule has 1 N–H and O–H groups in total. The largest absolute Gasteiger partial charge is 0.481 e. The molecule has 1 aromatic carbocycles. The number of carboxylic acids is 1. The fourth-order valence-corrected chi connectivity index (χ4v) is 2.59. The van der Waals surface area contributed by atoms with Crippen molar-refractivity contribution < 1.29 is 18.3 Å². The van der Waals surface area contributed by atoms with Gasteiger partial charge in [-0.05, 0) is 12.0 Å². The highest BCUT2D eigenvalue weighted by molar-refractivity contribution is 7.89. The van der Waals surface area contributed by atoms with Gasteiger partial charge in [0.05, 0.1) is 11.7 Å². The molecule has 0 unspecified atom stereocenters. The van der Waals surface area contributed by atoms with E-state index < -0.39 is 21.9 Å². The molecule has 0 amide bonds. The van der Waals surface area contributed by atoms with Crippen molar-refractivity contribution in [2.45, 2.75) is 6.42 Å². The van der Waals surface area contributed by atoms with Crippen molar-refractivity contribution in [3.63, 3.8) is 0 Å². The lowest BCUT2D eigenvalue weighted by atomic mass is 10.0. The maximum atomic E-state index is 11.7. The van der Waals surface area contributed by atoms with Gasteiger partial charge in [0.1, 0.15) is 0 Å². The molecule has 18 heavy (non-hydrogen) atoms. The van der Waals surface area contributed by atoms with E-state index in [0.717, 1.165) is 9.87 Å². The Morgan fingerprint density at radius 3 is 2.28 bits per heavy atom. The van der Waals surface area contributed by atoms with Crippen LogP contribution in [0.4, 0.5) is 0 Å². The van der Waals surface area contributed by atoms with Crippen LogP contribution in [0.2, 0.25) is 0 Å². The van der Waals surface area contributed by atoms with Crippen molar-refractivity contribution in [3.8, 4) is 0 Å². The van der Waals surface area contributed by atoms with Gasteiger partial charge in [-0.3, -0.25) is 4.79 Å². The molecule has 0 bridgehead atoms. The molecule has 0 aliphatic rings.